The fraction of sp³-hybridized carbons (Fsp3) is 0.241. The quantitative estimate of drug-likeness (QED) is 0.494. The number of halogens is 1. The van der Waals surface area contributed by atoms with Gasteiger partial charge < -0.3 is 14.9 Å². The van der Waals surface area contributed by atoms with Crippen LogP contribution in [0.2, 0.25) is 0 Å². The average Bonchev–Trinajstić information content (AvgIpc) is 3.33. The summed E-state index contributed by atoms with van der Waals surface area (Å²) >= 11 is 0. The number of phenols is 2. The van der Waals surface area contributed by atoms with Gasteiger partial charge in [-0.05, 0) is 86.5 Å². The second-order valence-corrected chi connectivity index (χ2v) is 8.79. The monoisotopic (exact) mass is 455 g/mol. The molecule has 2 N–H and O–H groups in total. The third-order valence-electron chi connectivity index (χ3n) is 6.45. The predicted octanol–water partition coefficient (Wildman–Crippen LogP) is 5.75. The minimum absolute atomic E-state index is 0.113. The van der Waals surface area contributed by atoms with Gasteiger partial charge in [-0.3, -0.25) is 4.90 Å². The number of hydrogen-bond donors (Lipinski definition) is 2. The number of rotatable bonds is 3. The van der Waals surface area contributed by atoms with Gasteiger partial charge in [0.25, 0.3) is 0 Å². The summed E-state index contributed by atoms with van der Waals surface area (Å²) in [6.45, 7) is 4.76. The Balaban J connectivity index is 1.53. The summed E-state index contributed by atoms with van der Waals surface area (Å²) in [4.78, 5) is 2.30. The molecule has 4 nitrogen and oxygen atoms in total. The third kappa shape index (κ3) is 4.37. The molecule has 0 radical (unpaired) electrons. The van der Waals surface area contributed by atoms with E-state index in [2.05, 4.69) is 16.7 Å². The van der Waals surface area contributed by atoms with Crippen LogP contribution in [0.1, 0.15) is 48.1 Å². The standard InChI is InChI=1S/C29H26FNO3/c1-19-25-18-23(33)10-12-27(25)34-29(28(19)21-7-4-8-22(32)17-21)24-11-9-20(16-26(24)30)6-5-15-31-13-2-3-14-31/h4,7-12,16-18,29,32-33H,2-3,13-15H2,1H3. The lowest BCUT2D eigenvalue weighted by molar-refractivity contribution is 0.254. The summed E-state index contributed by atoms with van der Waals surface area (Å²) in [6, 6.07) is 16.7. The minimum Gasteiger partial charge on any atom is -0.508 e. The number of phenolic OH excluding ortho intramolecular Hbond substituents is 2. The molecule has 5 heteroatoms. The molecule has 2 aliphatic heterocycles. The average molecular weight is 456 g/mol. The van der Waals surface area contributed by atoms with Crippen LogP contribution in [0.15, 0.2) is 60.7 Å². The summed E-state index contributed by atoms with van der Waals surface area (Å²) in [5.74, 6) is 6.64. The molecule has 0 aromatic heterocycles. The van der Waals surface area contributed by atoms with E-state index in [0.29, 0.717) is 23.4 Å². The van der Waals surface area contributed by atoms with Crippen LogP contribution in [0.4, 0.5) is 4.39 Å². The highest BCUT2D eigenvalue weighted by atomic mass is 19.1. The Hall–Kier alpha value is -3.75. The molecule has 1 unspecified atom stereocenters. The van der Waals surface area contributed by atoms with Crippen molar-refractivity contribution in [2.24, 2.45) is 0 Å². The smallest absolute Gasteiger partial charge is 0.153 e. The van der Waals surface area contributed by atoms with Crippen LogP contribution in [0.25, 0.3) is 11.1 Å². The van der Waals surface area contributed by atoms with Crippen LogP contribution in [0.3, 0.4) is 0 Å². The normalized spacial score (nSPS) is 17.6. The van der Waals surface area contributed by atoms with Gasteiger partial charge in [-0.1, -0.05) is 30.0 Å². The van der Waals surface area contributed by atoms with Gasteiger partial charge in [0.15, 0.2) is 6.10 Å². The Morgan fingerprint density at radius 2 is 1.79 bits per heavy atom. The lowest BCUT2D eigenvalue weighted by Crippen LogP contribution is -2.19. The molecule has 172 valence electrons. The largest absolute Gasteiger partial charge is 0.508 e. The molecule has 3 aromatic carbocycles. The van der Waals surface area contributed by atoms with Crippen molar-refractivity contribution < 1.29 is 19.3 Å². The van der Waals surface area contributed by atoms with Crippen molar-refractivity contribution in [3.8, 4) is 29.1 Å². The lowest BCUT2D eigenvalue weighted by Gasteiger charge is -2.31. The van der Waals surface area contributed by atoms with Gasteiger partial charge in [0.2, 0.25) is 0 Å². The van der Waals surface area contributed by atoms with Crippen molar-refractivity contribution in [2.45, 2.75) is 25.9 Å². The van der Waals surface area contributed by atoms with Gasteiger partial charge in [0.05, 0.1) is 6.54 Å². The fourth-order valence-electron chi connectivity index (χ4n) is 4.71. The van der Waals surface area contributed by atoms with E-state index in [-0.39, 0.29) is 11.5 Å². The first-order chi connectivity index (χ1) is 16.5. The zero-order chi connectivity index (χ0) is 23.7. The Kier molecular flexibility index (Phi) is 6.00. The maximum absolute atomic E-state index is 15.4. The third-order valence-corrected chi connectivity index (χ3v) is 6.45. The number of aromatic hydroxyl groups is 2. The molecule has 5 rings (SSSR count). The zero-order valence-corrected chi connectivity index (χ0v) is 19.0. The van der Waals surface area contributed by atoms with Crippen LogP contribution in [0, 0.1) is 17.7 Å². The van der Waals surface area contributed by atoms with Crippen molar-refractivity contribution in [1.29, 1.82) is 0 Å². The number of ether oxygens (including phenoxy) is 1. The van der Waals surface area contributed by atoms with E-state index in [1.165, 1.54) is 18.9 Å². The molecule has 0 bridgehead atoms. The highest BCUT2D eigenvalue weighted by molar-refractivity contribution is 5.95. The van der Waals surface area contributed by atoms with Gasteiger partial charge in [-0.15, -0.1) is 0 Å². The highest BCUT2D eigenvalue weighted by Crippen LogP contribution is 2.48. The van der Waals surface area contributed by atoms with Gasteiger partial charge in [-0.2, -0.15) is 0 Å². The lowest BCUT2D eigenvalue weighted by atomic mass is 9.85. The summed E-state index contributed by atoms with van der Waals surface area (Å²) in [6.07, 6.45) is 1.71. The molecule has 34 heavy (non-hydrogen) atoms. The summed E-state index contributed by atoms with van der Waals surface area (Å²) in [5.41, 5.74) is 4.06. The first-order valence-corrected chi connectivity index (χ1v) is 11.5. The van der Waals surface area contributed by atoms with Gasteiger partial charge in [0, 0.05) is 22.3 Å². The molecule has 1 fully saturated rings. The molecule has 2 heterocycles. The number of allylic oxidation sites excluding steroid dienone is 1. The first-order valence-electron chi connectivity index (χ1n) is 11.5. The van der Waals surface area contributed by atoms with Crippen molar-refractivity contribution in [3.63, 3.8) is 0 Å². The van der Waals surface area contributed by atoms with Crippen LogP contribution >= 0.6 is 0 Å². The Morgan fingerprint density at radius 1 is 1.00 bits per heavy atom. The second kappa shape index (κ2) is 9.24. The molecule has 0 amide bonds. The number of nitrogens with zero attached hydrogens (tertiary/aromatic N) is 1. The van der Waals surface area contributed by atoms with Crippen molar-refractivity contribution >= 4 is 11.1 Å². The Bertz CT molecular complexity index is 1330. The van der Waals surface area contributed by atoms with E-state index in [9.17, 15) is 10.2 Å². The van der Waals surface area contributed by atoms with Gasteiger partial charge in [-0.25, -0.2) is 4.39 Å². The molecular weight excluding hydrogens is 429 g/mol. The maximum Gasteiger partial charge on any atom is 0.153 e. The summed E-state index contributed by atoms with van der Waals surface area (Å²) in [5, 5.41) is 20.1. The fourth-order valence-corrected chi connectivity index (χ4v) is 4.71. The first kappa shape index (κ1) is 22.1. The van der Waals surface area contributed by atoms with Crippen LogP contribution in [-0.4, -0.2) is 34.7 Å². The molecule has 0 saturated carbocycles. The van der Waals surface area contributed by atoms with E-state index >= 15 is 4.39 Å². The Labute approximate surface area is 198 Å². The number of fused-ring (bicyclic) bond motifs is 1. The Morgan fingerprint density at radius 3 is 2.56 bits per heavy atom. The van der Waals surface area contributed by atoms with E-state index in [1.807, 2.05) is 19.1 Å². The van der Waals surface area contributed by atoms with Crippen molar-refractivity contribution in [2.75, 3.05) is 19.6 Å². The van der Waals surface area contributed by atoms with Crippen LogP contribution in [-0.2, 0) is 0 Å². The van der Waals surface area contributed by atoms with Gasteiger partial charge in [0.1, 0.15) is 23.1 Å². The molecule has 1 atom stereocenters. The molecule has 3 aromatic rings. The van der Waals surface area contributed by atoms with Crippen LogP contribution < -0.4 is 4.74 Å². The minimum atomic E-state index is -0.717. The number of likely N-dealkylation sites (tertiary alicyclic amines) is 1. The van der Waals surface area contributed by atoms with Crippen LogP contribution in [0.5, 0.6) is 17.2 Å². The molecule has 2 aliphatic rings. The number of hydrogen-bond acceptors (Lipinski definition) is 4. The molecular formula is C29H26FNO3. The van der Waals surface area contributed by atoms with E-state index < -0.39 is 11.9 Å². The van der Waals surface area contributed by atoms with E-state index in [0.717, 1.165) is 35.4 Å². The SMILES string of the molecule is CC1=C(c2cccc(O)c2)C(c2ccc(C#CCN3CCCC3)cc2F)Oc2ccc(O)cc21. The molecule has 1 saturated heterocycles. The van der Waals surface area contributed by atoms with E-state index in [4.69, 9.17) is 4.74 Å². The highest BCUT2D eigenvalue weighted by Gasteiger charge is 2.31. The predicted molar refractivity (Wildman–Crippen MR) is 131 cm³/mol. The zero-order valence-electron chi connectivity index (χ0n) is 19.0. The number of benzene rings is 3. The summed E-state index contributed by atoms with van der Waals surface area (Å²) < 4.78 is 21.7. The molecule has 0 spiro atoms. The maximum atomic E-state index is 15.4. The van der Waals surface area contributed by atoms with Crippen molar-refractivity contribution in [1.82, 2.24) is 4.90 Å². The van der Waals surface area contributed by atoms with E-state index in [1.54, 1.807) is 42.5 Å². The summed E-state index contributed by atoms with van der Waals surface area (Å²) in [7, 11) is 0. The topological polar surface area (TPSA) is 52.9 Å². The van der Waals surface area contributed by atoms with Crippen molar-refractivity contribution in [3.05, 3.63) is 88.7 Å². The second-order valence-electron chi connectivity index (χ2n) is 8.79. The van der Waals surface area contributed by atoms with Gasteiger partial charge >= 0.3 is 0 Å². The molecule has 0 aliphatic carbocycles.